The quantitative estimate of drug-likeness (QED) is 0.217. The summed E-state index contributed by atoms with van der Waals surface area (Å²) in [5.41, 5.74) is 8.79. The molecular formula is C15H24CuN8S2. The number of aryl methyl sites for hydroxylation is 2. The van der Waals surface area contributed by atoms with E-state index < -0.39 is 0 Å². The Bertz CT molecular complexity index is 694. The van der Waals surface area contributed by atoms with Gasteiger partial charge in [-0.2, -0.15) is 15.3 Å². The fourth-order valence-electron chi connectivity index (χ4n) is 1.88. The number of aliphatic imine (C=N–C) groups is 2. The molecule has 26 heavy (non-hydrogen) atoms. The summed E-state index contributed by atoms with van der Waals surface area (Å²) in [6.45, 7) is 11.2. The van der Waals surface area contributed by atoms with Crippen LogP contribution < -0.4 is 10.9 Å². The van der Waals surface area contributed by atoms with Crippen molar-refractivity contribution in [3.8, 4) is 0 Å². The van der Waals surface area contributed by atoms with Gasteiger partial charge in [0, 0.05) is 18.8 Å². The predicted octanol–water partition coefficient (Wildman–Crippen LogP) is 1.25. The fourth-order valence-corrected chi connectivity index (χ4v) is 2.23. The van der Waals surface area contributed by atoms with Gasteiger partial charge in [0.2, 0.25) is 0 Å². The van der Waals surface area contributed by atoms with Crippen LogP contribution >= 0.6 is 0 Å². The molecule has 11 heteroatoms. The first-order valence-electron chi connectivity index (χ1n) is 7.94. The first-order chi connectivity index (χ1) is 11.9. The first-order valence-corrected chi connectivity index (χ1v) is 8.76. The number of nitrogens with one attached hydrogen (secondary N) is 2. The SMILES string of the molecule is CCN=C([S-])N/N=C(C)/C(Cn1nc(C)cc1C)=N/NC([S-])=NCC.[Cu+2]. The van der Waals surface area contributed by atoms with Crippen molar-refractivity contribution in [2.75, 3.05) is 13.1 Å². The second kappa shape index (κ2) is 12.7. The molecule has 0 bridgehead atoms. The van der Waals surface area contributed by atoms with E-state index >= 15 is 0 Å². The molecule has 0 fully saturated rings. The summed E-state index contributed by atoms with van der Waals surface area (Å²) in [7, 11) is 0. The minimum Gasteiger partial charge on any atom is -0.741 e. The topological polar surface area (TPSA) is 91.3 Å². The third-order valence-corrected chi connectivity index (χ3v) is 3.47. The molecule has 0 amide bonds. The molecule has 1 rings (SSSR count). The van der Waals surface area contributed by atoms with E-state index in [0.717, 1.165) is 11.4 Å². The molecule has 8 nitrogen and oxygen atoms in total. The van der Waals surface area contributed by atoms with Gasteiger partial charge in [-0.3, -0.25) is 25.5 Å². The number of hydrogen-bond acceptors (Lipinski definition) is 7. The van der Waals surface area contributed by atoms with Crippen molar-refractivity contribution in [1.82, 2.24) is 20.6 Å². The maximum atomic E-state index is 5.09. The van der Waals surface area contributed by atoms with Crippen LogP contribution in [0, 0.1) is 13.8 Å². The van der Waals surface area contributed by atoms with Crippen LogP contribution in [0.5, 0.6) is 0 Å². The van der Waals surface area contributed by atoms with Crippen LogP contribution in [0.15, 0.2) is 26.3 Å². The van der Waals surface area contributed by atoms with Gasteiger partial charge >= 0.3 is 17.1 Å². The molecule has 0 saturated heterocycles. The second-order valence-electron chi connectivity index (χ2n) is 5.12. The average Bonchev–Trinajstić information content (AvgIpc) is 2.87. The van der Waals surface area contributed by atoms with Crippen LogP contribution in [0.4, 0.5) is 0 Å². The van der Waals surface area contributed by atoms with Gasteiger partial charge in [0.15, 0.2) is 0 Å². The Morgan fingerprint density at radius 1 is 1.08 bits per heavy atom. The van der Waals surface area contributed by atoms with Gasteiger partial charge in [0.05, 0.1) is 18.0 Å². The Balaban J connectivity index is 0.00000625. The van der Waals surface area contributed by atoms with Gasteiger partial charge in [-0.05, 0) is 51.0 Å². The summed E-state index contributed by atoms with van der Waals surface area (Å²) in [4.78, 5) is 8.14. The van der Waals surface area contributed by atoms with Crippen molar-refractivity contribution in [2.24, 2.45) is 20.2 Å². The monoisotopic (exact) mass is 443 g/mol. The predicted molar refractivity (Wildman–Crippen MR) is 109 cm³/mol. The van der Waals surface area contributed by atoms with Crippen molar-refractivity contribution in [3.63, 3.8) is 0 Å². The summed E-state index contributed by atoms with van der Waals surface area (Å²) in [5, 5.41) is 13.7. The molecule has 0 spiro atoms. The first kappa shape index (κ1) is 24.4. The number of rotatable bonds is 7. The van der Waals surface area contributed by atoms with Crippen LogP contribution in [0.3, 0.4) is 0 Å². The molecular weight excluding hydrogens is 420 g/mol. The Labute approximate surface area is 176 Å². The molecule has 0 aliphatic heterocycles. The second-order valence-corrected chi connectivity index (χ2v) is 5.90. The van der Waals surface area contributed by atoms with Crippen LogP contribution in [0.1, 0.15) is 32.2 Å². The summed E-state index contributed by atoms with van der Waals surface area (Å²) >= 11 is 10.2. The van der Waals surface area contributed by atoms with E-state index in [9.17, 15) is 0 Å². The average molecular weight is 444 g/mol. The third kappa shape index (κ3) is 8.70. The number of amidine groups is 2. The maximum absolute atomic E-state index is 5.09. The standard InChI is InChI=1S/C15H26N8S2.Cu/c1-6-16-14(24)20-18-12(5)13(19-21-15(25)17-7-2)9-23-11(4)8-10(3)22-23;/h8H,6-7,9H2,1-5H3,(H2,16,20,24)(H2,17,21,25);/q;+2/p-2/b18-12+,19-13+;. The number of hydrogen-bond donors (Lipinski definition) is 2. The molecule has 1 radical (unpaired) electrons. The smallest absolute Gasteiger partial charge is 0.741 e. The molecule has 0 saturated carbocycles. The molecule has 0 aliphatic rings. The largest absolute Gasteiger partial charge is 2.00 e. The van der Waals surface area contributed by atoms with Crippen molar-refractivity contribution in [1.29, 1.82) is 0 Å². The van der Waals surface area contributed by atoms with Gasteiger partial charge in [0.1, 0.15) is 5.71 Å². The molecule has 0 aromatic carbocycles. The van der Waals surface area contributed by atoms with E-state index in [1.165, 1.54) is 0 Å². The summed E-state index contributed by atoms with van der Waals surface area (Å²) in [6, 6.07) is 2.00. The number of aromatic nitrogens is 2. The van der Waals surface area contributed by atoms with Crippen LogP contribution in [0.25, 0.3) is 0 Å². The maximum Gasteiger partial charge on any atom is 2.00 e. The van der Waals surface area contributed by atoms with Crippen molar-refractivity contribution >= 4 is 47.0 Å². The third-order valence-electron chi connectivity index (χ3n) is 3.03. The molecule has 0 atom stereocenters. The van der Waals surface area contributed by atoms with Crippen LogP contribution in [-0.4, -0.2) is 44.6 Å². The fraction of sp³-hybridized carbons (Fsp3) is 0.533. The van der Waals surface area contributed by atoms with E-state index in [1.54, 1.807) is 0 Å². The van der Waals surface area contributed by atoms with Crippen LogP contribution in [-0.2, 0) is 48.9 Å². The van der Waals surface area contributed by atoms with Gasteiger partial charge < -0.3 is 25.3 Å². The summed E-state index contributed by atoms with van der Waals surface area (Å²) in [5.74, 6) is 0. The van der Waals surface area contributed by atoms with Crippen molar-refractivity contribution < 1.29 is 17.1 Å². The van der Waals surface area contributed by atoms with E-state index in [0.29, 0.717) is 41.4 Å². The molecule has 2 N–H and O–H groups in total. The number of nitrogens with zero attached hydrogens (tertiary/aromatic N) is 6. The van der Waals surface area contributed by atoms with Gasteiger partial charge in [-0.25, -0.2) is 0 Å². The molecule has 1 aromatic rings. The van der Waals surface area contributed by atoms with E-state index in [-0.39, 0.29) is 17.1 Å². The molecule has 1 heterocycles. The Kier molecular flexibility index (Phi) is 12.0. The molecule has 1 aromatic heterocycles. The number of hydrazone groups is 2. The minimum absolute atomic E-state index is 0. The molecule has 0 aliphatic carbocycles. The molecule has 0 unspecified atom stereocenters. The van der Waals surface area contributed by atoms with Crippen molar-refractivity contribution in [3.05, 3.63) is 17.5 Å². The van der Waals surface area contributed by atoms with E-state index in [1.807, 2.05) is 45.4 Å². The van der Waals surface area contributed by atoms with Gasteiger partial charge in [0.25, 0.3) is 0 Å². The summed E-state index contributed by atoms with van der Waals surface area (Å²) in [6.07, 6.45) is 0. The Morgan fingerprint density at radius 3 is 2.08 bits per heavy atom. The molecule has 147 valence electrons. The zero-order valence-corrected chi connectivity index (χ0v) is 18.1. The van der Waals surface area contributed by atoms with Crippen molar-refractivity contribution in [2.45, 2.75) is 41.2 Å². The van der Waals surface area contributed by atoms with Gasteiger partial charge in [-0.1, -0.05) is 0 Å². The normalized spacial score (nSPS) is 13.4. The zero-order valence-electron chi connectivity index (χ0n) is 15.5. The van der Waals surface area contributed by atoms with E-state index in [4.69, 9.17) is 25.3 Å². The Morgan fingerprint density at radius 2 is 1.62 bits per heavy atom. The Hall–Kier alpha value is -1.55. The summed E-state index contributed by atoms with van der Waals surface area (Å²) < 4.78 is 1.85. The van der Waals surface area contributed by atoms with Crippen LogP contribution in [0.2, 0.25) is 0 Å². The zero-order chi connectivity index (χ0) is 18.8. The minimum atomic E-state index is 0. The van der Waals surface area contributed by atoms with Gasteiger partial charge in [-0.15, -0.1) is 0 Å². The van der Waals surface area contributed by atoms with E-state index in [2.05, 4.69) is 36.1 Å².